The number of non-ortho nitro benzene ring substituents is 1. The maximum Gasteiger partial charge on any atom is 0.270 e. The second-order valence-corrected chi connectivity index (χ2v) is 6.99. The molecule has 0 saturated heterocycles. The molecule has 0 fully saturated rings. The number of nitro groups is 1. The first-order valence-corrected chi connectivity index (χ1v) is 9.79. The van der Waals surface area contributed by atoms with Crippen molar-refractivity contribution in [2.24, 2.45) is 0 Å². The Labute approximate surface area is 175 Å². The van der Waals surface area contributed by atoms with Crippen LogP contribution in [-0.2, 0) is 17.8 Å². The molecule has 0 bridgehead atoms. The molecule has 3 rings (SSSR count). The van der Waals surface area contributed by atoms with E-state index in [9.17, 15) is 14.9 Å². The van der Waals surface area contributed by atoms with Gasteiger partial charge in [-0.1, -0.05) is 36.4 Å². The van der Waals surface area contributed by atoms with Crippen molar-refractivity contribution in [3.8, 4) is 0 Å². The average molecular weight is 407 g/mol. The maximum atomic E-state index is 13.2. The molecule has 30 heavy (non-hydrogen) atoms. The van der Waals surface area contributed by atoms with Crippen molar-refractivity contribution < 1.29 is 14.5 Å². The number of aromatic nitrogens is 1. The van der Waals surface area contributed by atoms with Gasteiger partial charge in [0.15, 0.2) is 0 Å². The SMILES string of the molecule is COCCCN(Cc1cccn1Cc1ccccc1)C(=O)c1cccc([N+](=O)[O-])c1. The number of amides is 1. The first-order chi connectivity index (χ1) is 14.6. The molecule has 0 atom stereocenters. The summed E-state index contributed by atoms with van der Waals surface area (Å²) in [7, 11) is 1.62. The van der Waals surface area contributed by atoms with Crippen molar-refractivity contribution in [2.45, 2.75) is 19.5 Å². The highest BCUT2D eigenvalue weighted by Crippen LogP contribution is 2.17. The van der Waals surface area contributed by atoms with Crippen LogP contribution in [0, 0.1) is 10.1 Å². The Morgan fingerprint density at radius 1 is 1.10 bits per heavy atom. The fourth-order valence-corrected chi connectivity index (χ4v) is 3.31. The fourth-order valence-electron chi connectivity index (χ4n) is 3.31. The zero-order chi connectivity index (χ0) is 21.3. The van der Waals surface area contributed by atoms with Gasteiger partial charge in [-0.05, 0) is 30.2 Å². The smallest absolute Gasteiger partial charge is 0.270 e. The van der Waals surface area contributed by atoms with E-state index in [1.165, 1.54) is 23.8 Å². The molecular formula is C23H25N3O4. The molecule has 0 saturated carbocycles. The minimum atomic E-state index is -0.489. The van der Waals surface area contributed by atoms with E-state index in [0.29, 0.717) is 38.2 Å². The Bertz CT molecular complexity index is 985. The van der Waals surface area contributed by atoms with Gasteiger partial charge in [0.25, 0.3) is 11.6 Å². The van der Waals surface area contributed by atoms with Crippen LogP contribution in [0.5, 0.6) is 0 Å². The van der Waals surface area contributed by atoms with Crippen molar-refractivity contribution >= 4 is 11.6 Å². The molecule has 0 unspecified atom stereocenters. The molecule has 1 aromatic heterocycles. The number of nitro benzene ring substituents is 1. The summed E-state index contributed by atoms with van der Waals surface area (Å²) >= 11 is 0. The third kappa shape index (κ3) is 5.55. The van der Waals surface area contributed by atoms with Gasteiger partial charge in [0.1, 0.15) is 0 Å². The summed E-state index contributed by atoms with van der Waals surface area (Å²) < 4.78 is 7.24. The monoisotopic (exact) mass is 407 g/mol. The first-order valence-electron chi connectivity index (χ1n) is 9.79. The van der Waals surface area contributed by atoms with Crippen LogP contribution in [0.1, 0.15) is 28.0 Å². The number of rotatable bonds is 10. The van der Waals surface area contributed by atoms with Crippen LogP contribution in [0.15, 0.2) is 72.9 Å². The molecule has 7 nitrogen and oxygen atoms in total. The van der Waals surface area contributed by atoms with Gasteiger partial charge in [-0.2, -0.15) is 0 Å². The van der Waals surface area contributed by atoms with E-state index >= 15 is 0 Å². The van der Waals surface area contributed by atoms with E-state index in [1.807, 2.05) is 36.5 Å². The summed E-state index contributed by atoms with van der Waals surface area (Å²) in [5, 5.41) is 11.1. The van der Waals surface area contributed by atoms with Gasteiger partial charge in [0, 0.05) is 56.4 Å². The highest BCUT2D eigenvalue weighted by molar-refractivity contribution is 5.94. The summed E-state index contributed by atoms with van der Waals surface area (Å²) in [6.07, 6.45) is 2.67. The zero-order valence-electron chi connectivity index (χ0n) is 16.9. The average Bonchev–Trinajstić information content (AvgIpc) is 3.20. The van der Waals surface area contributed by atoms with Crippen LogP contribution in [0.25, 0.3) is 0 Å². The van der Waals surface area contributed by atoms with Gasteiger partial charge in [-0.15, -0.1) is 0 Å². The Morgan fingerprint density at radius 3 is 2.63 bits per heavy atom. The largest absolute Gasteiger partial charge is 0.385 e. The van der Waals surface area contributed by atoms with E-state index < -0.39 is 4.92 Å². The Hall–Kier alpha value is -3.45. The second-order valence-electron chi connectivity index (χ2n) is 6.99. The minimum Gasteiger partial charge on any atom is -0.385 e. The van der Waals surface area contributed by atoms with Gasteiger partial charge in [-0.25, -0.2) is 0 Å². The van der Waals surface area contributed by atoms with E-state index in [1.54, 1.807) is 18.1 Å². The van der Waals surface area contributed by atoms with E-state index in [2.05, 4.69) is 16.7 Å². The van der Waals surface area contributed by atoms with Crippen molar-refractivity contribution in [3.05, 3.63) is 99.9 Å². The molecular weight excluding hydrogens is 382 g/mol. The summed E-state index contributed by atoms with van der Waals surface area (Å²) in [5.74, 6) is -0.234. The highest BCUT2D eigenvalue weighted by atomic mass is 16.6. The van der Waals surface area contributed by atoms with Gasteiger partial charge in [0.05, 0.1) is 11.5 Å². The van der Waals surface area contributed by atoms with Crippen LogP contribution < -0.4 is 0 Å². The van der Waals surface area contributed by atoms with Crippen molar-refractivity contribution in [3.63, 3.8) is 0 Å². The molecule has 0 aliphatic rings. The summed E-state index contributed by atoms with van der Waals surface area (Å²) in [6.45, 7) is 2.14. The lowest BCUT2D eigenvalue weighted by atomic mass is 10.1. The molecule has 0 aliphatic carbocycles. The lowest BCUT2D eigenvalue weighted by Crippen LogP contribution is -2.33. The number of hydrogen-bond donors (Lipinski definition) is 0. The molecule has 3 aromatic rings. The highest BCUT2D eigenvalue weighted by Gasteiger charge is 2.19. The number of carbonyl (C=O) groups is 1. The third-order valence-electron chi connectivity index (χ3n) is 4.84. The summed E-state index contributed by atoms with van der Waals surface area (Å²) in [5.41, 5.74) is 2.38. The van der Waals surface area contributed by atoms with Gasteiger partial charge in [0.2, 0.25) is 0 Å². The number of methoxy groups -OCH3 is 1. The molecule has 0 aliphatic heterocycles. The molecule has 0 radical (unpaired) electrons. The van der Waals surface area contributed by atoms with Crippen LogP contribution >= 0.6 is 0 Å². The standard InChI is InChI=1S/C23H25N3O4/c1-30-15-7-14-25(23(27)20-10-5-11-21(16-20)26(28)29)18-22-12-6-13-24(22)17-19-8-3-2-4-9-19/h2-6,8-13,16H,7,14-15,17-18H2,1H3. The Morgan fingerprint density at radius 2 is 1.90 bits per heavy atom. The third-order valence-corrected chi connectivity index (χ3v) is 4.84. The molecule has 0 spiro atoms. The van der Waals surface area contributed by atoms with Crippen LogP contribution in [-0.4, -0.2) is 40.6 Å². The lowest BCUT2D eigenvalue weighted by molar-refractivity contribution is -0.384. The number of benzene rings is 2. The van der Waals surface area contributed by atoms with Crippen molar-refractivity contribution in [1.82, 2.24) is 9.47 Å². The molecule has 1 heterocycles. The van der Waals surface area contributed by atoms with E-state index in [-0.39, 0.29) is 11.6 Å². The predicted molar refractivity (Wildman–Crippen MR) is 114 cm³/mol. The Kier molecular flexibility index (Phi) is 7.34. The van der Waals surface area contributed by atoms with Crippen LogP contribution in [0.4, 0.5) is 5.69 Å². The normalized spacial score (nSPS) is 10.7. The van der Waals surface area contributed by atoms with Gasteiger partial charge < -0.3 is 14.2 Å². The quantitative estimate of drug-likeness (QED) is 0.288. The van der Waals surface area contributed by atoms with E-state index in [4.69, 9.17) is 4.74 Å². The lowest BCUT2D eigenvalue weighted by Gasteiger charge is -2.24. The van der Waals surface area contributed by atoms with Crippen molar-refractivity contribution in [2.75, 3.05) is 20.3 Å². The van der Waals surface area contributed by atoms with Crippen LogP contribution in [0.2, 0.25) is 0 Å². The first kappa shape index (κ1) is 21.3. The number of hydrogen-bond acceptors (Lipinski definition) is 4. The molecule has 7 heteroatoms. The summed E-state index contributed by atoms with van der Waals surface area (Å²) in [6, 6.07) is 19.9. The van der Waals surface area contributed by atoms with Crippen LogP contribution in [0.3, 0.4) is 0 Å². The van der Waals surface area contributed by atoms with Crippen molar-refractivity contribution in [1.29, 1.82) is 0 Å². The number of ether oxygens (including phenoxy) is 1. The zero-order valence-corrected chi connectivity index (χ0v) is 16.9. The number of nitrogens with zero attached hydrogens (tertiary/aromatic N) is 3. The molecule has 1 amide bonds. The number of carbonyl (C=O) groups excluding carboxylic acids is 1. The van der Waals surface area contributed by atoms with Gasteiger partial charge >= 0.3 is 0 Å². The predicted octanol–water partition coefficient (Wildman–Crippen LogP) is 4.12. The molecule has 156 valence electrons. The fraction of sp³-hybridized carbons (Fsp3) is 0.261. The minimum absolute atomic E-state index is 0.0925. The summed E-state index contributed by atoms with van der Waals surface area (Å²) in [4.78, 5) is 25.5. The van der Waals surface area contributed by atoms with E-state index in [0.717, 1.165) is 5.69 Å². The Balaban J connectivity index is 1.81. The second kappa shape index (κ2) is 10.4. The molecule has 2 aromatic carbocycles. The topological polar surface area (TPSA) is 77.6 Å². The van der Waals surface area contributed by atoms with Gasteiger partial charge in [-0.3, -0.25) is 14.9 Å². The molecule has 0 N–H and O–H groups in total. The maximum absolute atomic E-state index is 13.2.